The molecule has 0 aliphatic carbocycles. The molecule has 0 atom stereocenters. The lowest BCUT2D eigenvalue weighted by atomic mass is 10.0. The highest BCUT2D eigenvalue weighted by Gasteiger charge is 2.13. The molecular weight excluding hydrogens is 679 g/mol. The fraction of sp³-hybridized carbons (Fsp3) is 0.359. The van der Waals surface area contributed by atoms with Crippen LogP contribution >= 0.6 is 0 Å². The van der Waals surface area contributed by atoms with Gasteiger partial charge < -0.3 is 16.0 Å². The van der Waals surface area contributed by atoms with Gasteiger partial charge >= 0.3 is 0 Å². The monoisotopic (exact) mass is 728 g/mol. The summed E-state index contributed by atoms with van der Waals surface area (Å²) in [6, 6.07) is 22.0. The Morgan fingerprint density at radius 1 is 0.808 bits per heavy atom. The van der Waals surface area contributed by atoms with Crippen molar-refractivity contribution >= 4 is 39.7 Å². The summed E-state index contributed by atoms with van der Waals surface area (Å²) in [6.07, 6.45) is 17.7. The topological polar surface area (TPSA) is 166 Å². The predicted octanol–water partition coefficient (Wildman–Crippen LogP) is 5.75. The molecule has 2 aromatic heterocycles. The Labute approximate surface area is 306 Å². The fourth-order valence-electron chi connectivity index (χ4n) is 5.58. The summed E-state index contributed by atoms with van der Waals surface area (Å²) in [5.74, 6) is -0.00381. The van der Waals surface area contributed by atoms with Gasteiger partial charge in [-0.15, -0.1) is 0 Å². The van der Waals surface area contributed by atoms with Crippen molar-refractivity contribution in [1.29, 1.82) is 0 Å². The Balaban J connectivity index is 0.972. The van der Waals surface area contributed by atoms with Gasteiger partial charge in [0.2, 0.25) is 5.91 Å². The maximum atomic E-state index is 12.4. The molecular formula is C39H50N7O5S+. The Morgan fingerprint density at radius 3 is 2.15 bits per heavy atom. The number of hydrogen-bond donors (Lipinski definition) is 5. The van der Waals surface area contributed by atoms with Gasteiger partial charge in [-0.2, -0.15) is 13.5 Å². The first-order chi connectivity index (χ1) is 25.2. The van der Waals surface area contributed by atoms with Crippen LogP contribution in [0.3, 0.4) is 0 Å². The average molecular weight is 729 g/mol. The van der Waals surface area contributed by atoms with Crippen molar-refractivity contribution in [3.8, 4) is 0 Å². The fourth-order valence-corrected chi connectivity index (χ4v) is 6.25. The summed E-state index contributed by atoms with van der Waals surface area (Å²) in [6.45, 7) is 1.50. The maximum absolute atomic E-state index is 12.4. The molecule has 52 heavy (non-hydrogen) atoms. The number of anilines is 2. The largest absolute Gasteiger partial charge is 0.388 e. The smallest absolute Gasteiger partial charge is 0.295 e. The van der Waals surface area contributed by atoms with E-state index in [-0.39, 0.29) is 22.3 Å². The highest BCUT2D eigenvalue weighted by atomic mass is 32.2. The minimum atomic E-state index is -4.39. The van der Waals surface area contributed by atoms with Gasteiger partial charge in [0.1, 0.15) is 10.7 Å². The van der Waals surface area contributed by atoms with Crippen molar-refractivity contribution in [3.63, 3.8) is 0 Å². The average Bonchev–Trinajstić information content (AvgIpc) is 3.15. The first kappa shape index (κ1) is 39.6. The number of carbonyl (C=O) groups excluding carboxylic acids is 2. The van der Waals surface area contributed by atoms with Gasteiger partial charge in [-0.1, -0.05) is 68.9 Å². The number of nitrogens with zero attached hydrogens (tertiary/aromatic N) is 3. The number of benzene rings is 2. The van der Waals surface area contributed by atoms with Gasteiger partial charge in [0, 0.05) is 61.7 Å². The molecule has 0 fully saturated rings. The van der Waals surface area contributed by atoms with Crippen LogP contribution in [0, 0.1) is 0 Å². The SMILES string of the molecule is CNc1ccc(C[n+]2ccc(CCCCCCCCCCC(=O)NCCNC(=O)c3ccc(N/N=C\c4ccccc4S(=O)(=O)O)nc3)cc2)cc1. The standard InChI is InChI=1S/C39H49N7O5S/c1-40-35-19-16-32(17-20-35)30-46-26-22-31(23-27-46)12-8-6-4-2-3-5-7-9-15-38(47)41-24-25-42-39(48)34-18-21-37(43-28-34)45-44-29-33-13-10-11-14-36(33)52(49,50)51/h10-11,13-14,16-23,26-29,40H,2-9,12,15,24-25,30H2,1H3,(H3-,41,42,43,45,47,48,49,50,51)/p+1/b44-29-. The van der Waals surface area contributed by atoms with E-state index in [4.69, 9.17) is 0 Å². The molecule has 5 N–H and O–H groups in total. The molecule has 13 heteroatoms. The van der Waals surface area contributed by atoms with Crippen LogP contribution in [0.5, 0.6) is 0 Å². The van der Waals surface area contributed by atoms with Crippen LogP contribution < -0.4 is 25.9 Å². The number of aryl methyl sites for hydroxylation is 1. The summed E-state index contributed by atoms with van der Waals surface area (Å²) in [4.78, 5) is 28.5. The Bertz CT molecular complexity index is 1830. The molecule has 4 aromatic rings. The second-order valence-corrected chi connectivity index (χ2v) is 14.0. The van der Waals surface area contributed by atoms with Crippen LogP contribution in [0.4, 0.5) is 11.5 Å². The van der Waals surface area contributed by atoms with E-state index in [1.54, 1.807) is 18.2 Å². The number of hydrazone groups is 1. The number of unbranched alkanes of at least 4 members (excludes halogenated alkanes) is 7. The van der Waals surface area contributed by atoms with E-state index in [1.165, 1.54) is 73.8 Å². The number of pyridine rings is 2. The quantitative estimate of drug-likeness (QED) is 0.0224. The van der Waals surface area contributed by atoms with Gasteiger partial charge in [-0.25, -0.2) is 9.55 Å². The molecule has 0 aliphatic heterocycles. The van der Waals surface area contributed by atoms with Crippen molar-refractivity contribution in [3.05, 3.63) is 114 Å². The Hall–Kier alpha value is -5.14. The van der Waals surface area contributed by atoms with E-state index in [1.807, 2.05) is 7.05 Å². The Morgan fingerprint density at radius 2 is 1.48 bits per heavy atom. The first-order valence-electron chi connectivity index (χ1n) is 17.8. The molecule has 12 nitrogen and oxygen atoms in total. The zero-order valence-electron chi connectivity index (χ0n) is 29.8. The minimum Gasteiger partial charge on any atom is -0.388 e. The van der Waals surface area contributed by atoms with Crippen LogP contribution in [-0.4, -0.2) is 56.1 Å². The second-order valence-electron chi connectivity index (χ2n) is 12.6. The summed E-state index contributed by atoms with van der Waals surface area (Å²) in [5, 5.41) is 12.7. The molecule has 2 aromatic carbocycles. The number of rotatable bonds is 22. The number of carbonyl (C=O) groups is 2. The van der Waals surface area contributed by atoms with Crippen molar-refractivity contribution in [2.75, 3.05) is 30.9 Å². The first-order valence-corrected chi connectivity index (χ1v) is 19.3. The van der Waals surface area contributed by atoms with Crippen molar-refractivity contribution < 1.29 is 27.1 Å². The number of amides is 2. The molecule has 0 unspecified atom stereocenters. The summed E-state index contributed by atoms with van der Waals surface area (Å²) in [7, 11) is -2.46. The third-order valence-electron chi connectivity index (χ3n) is 8.53. The number of aromatic nitrogens is 2. The summed E-state index contributed by atoms with van der Waals surface area (Å²) >= 11 is 0. The van der Waals surface area contributed by atoms with E-state index >= 15 is 0 Å². The lowest BCUT2D eigenvalue weighted by Gasteiger charge is -2.08. The third-order valence-corrected chi connectivity index (χ3v) is 9.45. The lowest BCUT2D eigenvalue weighted by Crippen LogP contribution is -2.34. The minimum absolute atomic E-state index is 0.0132. The van der Waals surface area contributed by atoms with E-state index in [9.17, 15) is 22.6 Å². The van der Waals surface area contributed by atoms with E-state index in [0.717, 1.165) is 37.9 Å². The normalized spacial score (nSPS) is 11.3. The van der Waals surface area contributed by atoms with Crippen molar-refractivity contribution in [2.24, 2.45) is 5.10 Å². The van der Waals surface area contributed by atoms with E-state index < -0.39 is 10.1 Å². The third kappa shape index (κ3) is 14.2. The Kier molecular flexibility index (Phi) is 16.2. The molecule has 0 aliphatic rings. The highest BCUT2D eigenvalue weighted by molar-refractivity contribution is 7.86. The molecule has 2 amide bonds. The number of hydrogen-bond acceptors (Lipinski definition) is 8. The van der Waals surface area contributed by atoms with Crippen LogP contribution in [0.15, 0.2) is 101 Å². The van der Waals surface area contributed by atoms with E-state index in [2.05, 4.69) is 84.8 Å². The van der Waals surface area contributed by atoms with Crippen molar-refractivity contribution in [1.82, 2.24) is 15.6 Å². The summed E-state index contributed by atoms with van der Waals surface area (Å²) < 4.78 is 34.5. The number of nitrogens with one attached hydrogen (secondary N) is 4. The van der Waals surface area contributed by atoms with Crippen LogP contribution in [0.1, 0.15) is 84.8 Å². The predicted molar refractivity (Wildman–Crippen MR) is 204 cm³/mol. The van der Waals surface area contributed by atoms with Crippen LogP contribution in [0.2, 0.25) is 0 Å². The lowest BCUT2D eigenvalue weighted by molar-refractivity contribution is -0.688. The van der Waals surface area contributed by atoms with Crippen LogP contribution in [0.25, 0.3) is 0 Å². The molecule has 0 spiro atoms. The molecule has 0 saturated carbocycles. The van der Waals surface area contributed by atoms with Gasteiger partial charge in [0.15, 0.2) is 18.9 Å². The maximum Gasteiger partial charge on any atom is 0.295 e. The highest BCUT2D eigenvalue weighted by Crippen LogP contribution is 2.14. The van der Waals surface area contributed by atoms with Gasteiger partial charge in [-0.05, 0) is 55.2 Å². The molecule has 4 rings (SSSR count). The van der Waals surface area contributed by atoms with Gasteiger partial charge in [0.25, 0.3) is 16.0 Å². The summed E-state index contributed by atoms with van der Waals surface area (Å²) in [5.41, 5.74) is 6.99. The van der Waals surface area contributed by atoms with Gasteiger partial charge in [0.05, 0.1) is 11.8 Å². The van der Waals surface area contributed by atoms with Crippen molar-refractivity contribution in [2.45, 2.75) is 75.6 Å². The molecule has 0 radical (unpaired) electrons. The van der Waals surface area contributed by atoms with Gasteiger partial charge in [-0.3, -0.25) is 19.6 Å². The molecule has 0 bridgehead atoms. The second kappa shape index (κ2) is 21.3. The zero-order valence-corrected chi connectivity index (χ0v) is 30.6. The molecule has 0 saturated heterocycles. The van der Waals surface area contributed by atoms with E-state index in [0.29, 0.717) is 30.9 Å². The van der Waals surface area contributed by atoms with Crippen LogP contribution in [-0.2, 0) is 27.9 Å². The molecule has 2 heterocycles. The molecule has 276 valence electrons. The zero-order chi connectivity index (χ0) is 37.0.